The zero-order valence-corrected chi connectivity index (χ0v) is 29.3. The third-order valence-corrected chi connectivity index (χ3v) is 16.0. The van der Waals surface area contributed by atoms with Gasteiger partial charge in [0.2, 0.25) is 13.6 Å². The minimum Gasteiger partial charge on any atom is -0.317 e. The predicted molar refractivity (Wildman–Crippen MR) is 157 cm³/mol. The quantitative estimate of drug-likeness (QED) is 0.172. The van der Waals surface area contributed by atoms with Gasteiger partial charge in [-0.15, -0.1) is 0 Å². The lowest BCUT2D eigenvalue weighted by Gasteiger charge is -2.46. The number of halogens is 8. The molecule has 2 aliphatic rings. The number of alkyl halides is 8. The molecule has 35 heavy (non-hydrogen) atoms. The molecule has 4 amide bonds. The fourth-order valence-corrected chi connectivity index (χ4v) is 7.59. The number of ether oxygens (including phenoxy) is 1. The molecule has 0 saturated heterocycles. The highest BCUT2D eigenvalue weighted by Gasteiger charge is 2.65. The van der Waals surface area contributed by atoms with E-state index in [1.807, 2.05) is 0 Å². The van der Waals surface area contributed by atoms with Crippen molar-refractivity contribution in [1.29, 1.82) is 0 Å². The van der Waals surface area contributed by atoms with Crippen LogP contribution in [0, 0.1) is 0 Å². The van der Waals surface area contributed by atoms with E-state index >= 15 is 0 Å². The van der Waals surface area contributed by atoms with Gasteiger partial charge in [-0.25, -0.2) is 9.80 Å². The van der Waals surface area contributed by atoms with E-state index in [1.165, 1.54) is 0 Å². The van der Waals surface area contributed by atoms with Gasteiger partial charge in [0.25, 0.3) is 23.6 Å². The van der Waals surface area contributed by atoms with Gasteiger partial charge in [-0.1, -0.05) is 24.3 Å². The molecular weight excluding hydrogens is 987 g/mol. The Morgan fingerprint density at radius 2 is 0.714 bits per heavy atom. The number of hydrogen-bond donors (Lipinski definition) is 0. The predicted octanol–water partition coefficient (Wildman–Crippen LogP) is 7.37. The molecule has 7 nitrogen and oxygen atoms in total. The average molecular weight is 996 g/mol. The summed E-state index contributed by atoms with van der Waals surface area (Å²) in [4.78, 5) is 54.2. The fourth-order valence-electron chi connectivity index (χ4n) is 3.43. The standard InChI is InChI=1S/C20H8Br8N2O5/c21-17(22,29-13(31)9-5-1-2-6-10(9)14(29)32)19(25,26)35-20(27,28)18(23,24)30-15(33)11-7-3-4-8-12(11)16(30)34/h1-8H. The molecule has 2 aliphatic heterocycles. The van der Waals surface area contributed by atoms with Crippen LogP contribution in [0.15, 0.2) is 48.5 Å². The zero-order valence-electron chi connectivity index (χ0n) is 16.6. The highest BCUT2D eigenvalue weighted by molar-refractivity contribution is 9.31. The summed E-state index contributed by atoms with van der Waals surface area (Å²) in [5.41, 5.74) is 0.896. The van der Waals surface area contributed by atoms with Gasteiger partial charge < -0.3 is 4.74 Å². The Morgan fingerprint density at radius 1 is 0.486 bits per heavy atom. The summed E-state index contributed by atoms with van der Waals surface area (Å²) in [7, 11) is 0. The highest BCUT2D eigenvalue weighted by Crippen LogP contribution is 2.61. The molecule has 15 heteroatoms. The van der Waals surface area contributed by atoms with Crippen LogP contribution in [-0.4, -0.2) is 47.0 Å². The number of rotatable bonds is 6. The van der Waals surface area contributed by atoms with Crippen molar-refractivity contribution in [3.05, 3.63) is 70.8 Å². The second kappa shape index (κ2) is 9.61. The van der Waals surface area contributed by atoms with E-state index in [-0.39, 0.29) is 22.3 Å². The van der Waals surface area contributed by atoms with Gasteiger partial charge in [0.15, 0.2) is 0 Å². The first-order chi connectivity index (χ1) is 16.1. The van der Waals surface area contributed by atoms with E-state index in [0.717, 1.165) is 9.80 Å². The Morgan fingerprint density at radius 3 is 0.943 bits per heavy atom. The van der Waals surface area contributed by atoms with Gasteiger partial charge in [0.1, 0.15) is 0 Å². The monoisotopic (exact) mass is 987 g/mol. The lowest BCUT2D eigenvalue weighted by atomic mass is 10.1. The second-order valence-electron chi connectivity index (χ2n) is 7.20. The molecule has 0 spiro atoms. The Labute approximate surface area is 266 Å². The summed E-state index contributed by atoms with van der Waals surface area (Å²) in [6.07, 6.45) is 0. The van der Waals surface area contributed by atoms with Crippen LogP contribution in [-0.2, 0) is 4.74 Å². The number of amides is 4. The largest absolute Gasteiger partial charge is 0.317 e. The van der Waals surface area contributed by atoms with Crippen molar-refractivity contribution >= 4 is 151 Å². The maximum atomic E-state index is 13.1. The van der Waals surface area contributed by atoms with E-state index in [1.54, 1.807) is 48.5 Å². The Hall–Kier alpha value is 0.520. The number of hydrogen-bond acceptors (Lipinski definition) is 5. The first-order valence-electron chi connectivity index (χ1n) is 9.23. The topological polar surface area (TPSA) is 84.0 Å². The molecule has 0 atom stereocenters. The number of carbonyl (C=O) groups is 4. The minimum absolute atomic E-state index is 0.224. The molecule has 0 fully saturated rings. The molecule has 0 aromatic heterocycles. The lowest BCUT2D eigenvalue weighted by molar-refractivity contribution is 0.00455. The molecule has 184 valence electrons. The summed E-state index contributed by atoms with van der Waals surface area (Å²) in [5.74, 6) is -2.31. The van der Waals surface area contributed by atoms with E-state index in [2.05, 4.69) is 127 Å². The number of fused-ring (bicyclic) bond motifs is 2. The van der Waals surface area contributed by atoms with Crippen LogP contribution >= 0.6 is 127 Å². The molecule has 2 aromatic rings. The molecule has 2 aromatic carbocycles. The Balaban J connectivity index is 1.66. The van der Waals surface area contributed by atoms with E-state index < -0.39 is 37.2 Å². The van der Waals surface area contributed by atoms with Crippen molar-refractivity contribution in [1.82, 2.24) is 9.80 Å². The number of carbonyl (C=O) groups excluding carboxylic acids is 4. The normalized spacial score (nSPS) is 16.8. The van der Waals surface area contributed by atoms with Gasteiger partial charge in [0.05, 0.1) is 22.3 Å². The second-order valence-corrected chi connectivity index (χ2v) is 20.5. The van der Waals surface area contributed by atoms with Crippen molar-refractivity contribution in [3.8, 4) is 0 Å². The van der Waals surface area contributed by atoms with Crippen LogP contribution in [0.4, 0.5) is 0 Å². The van der Waals surface area contributed by atoms with E-state index in [4.69, 9.17) is 4.74 Å². The molecule has 0 bridgehead atoms. The van der Waals surface area contributed by atoms with Gasteiger partial charge in [0, 0.05) is 0 Å². The maximum Gasteiger partial charge on any atom is 0.263 e. The van der Waals surface area contributed by atoms with Crippen molar-refractivity contribution < 1.29 is 23.9 Å². The van der Waals surface area contributed by atoms with Crippen LogP contribution in [0.1, 0.15) is 41.4 Å². The summed E-state index contributed by atoms with van der Waals surface area (Å²) in [6.45, 7) is 0. The highest BCUT2D eigenvalue weighted by atomic mass is 79.9. The summed E-state index contributed by atoms with van der Waals surface area (Å²) in [5, 5.41) is 0. The first kappa shape index (κ1) is 28.5. The first-order valence-corrected chi connectivity index (χ1v) is 15.6. The van der Waals surface area contributed by atoms with Crippen molar-refractivity contribution in [2.45, 2.75) is 13.6 Å². The maximum absolute atomic E-state index is 13.1. The molecule has 0 N–H and O–H groups in total. The molecular formula is C20H8Br8N2O5. The Kier molecular flexibility index (Phi) is 7.83. The summed E-state index contributed by atoms with van der Waals surface area (Å²) < 4.78 is -0.751. The van der Waals surface area contributed by atoms with Crippen LogP contribution in [0.5, 0.6) is 0 Å². The molecule has 0 unspecified atom stereocenters. The summed E-state index contributed by atoms with van der Waals surface area (Å²) in [6, 6.07) is 12.8. The minimum atomic E-state index is -1.75. The third-order valence-electron chi connectivity index (χ3n) is 5.11. The van der Waals surface area contributed by atoms with Crippen molar-refractivity contribution in [2.75, 3.05) is 0 Å². The van der Waals surface area contributed by atoms with Crippen LogP contribution < -0.4 is 0 Å². The smallest absolute Gasteiger partial charge is 0.263 e. The van der Waals surface area contributed by atoms with Crippen molar-refractivity contribution in [2.24, 2.45) is 0 Å². The van der Waals surface area contributed by atoms with E-state index in [0.29, 0.717) is 0 Å². The van der Waals surface area contributed by atoms with Gasteiger partial charge in [-0.3, -0.25) is 19.2 Å². The molecule has 0 aliphatic carbocycles. The number of benzene rings is 2. The van der Waals surface area contributed by atoms with Crippen molar-refractivity contribution in [3.63, 3.8) is 0 Å². The van der Waals surface area contributed by atoms with Crippen LogP contribution in [0.2, 0.25) is 0 Å². The molecule has 0 saturated carbocycles. The number of nitrogens with zero attached hydrogens (tertiary/aromatic N) is 2. The zero-order chi connectivity index (χ0) is 26.1. The Bertz CT molecular complexity index is 1130. The summed E-state index contributed by atoms with van der Waals surface area (Å²) >= 11 is 27.0. The molecule has 4 rings (SSSR count). The van der Waals surface area contributed by atoms with Gasteiger partial charge >= 0.3 is 0 Å². The van der Waals surface area contributed by atoms with Gasteiger partial charge in [-0.05, 0) is 152 Å². The third kappa shape index (κ3) is 4.46. The van der Waals surface area contributed by atoms with Crippen LogP contribution in [0.3, 0.4) is 0 Å². The average Bonchev–Trinajstić information content (AvgIpc) is 3.18. The van der Waals surface area contributed by atoms with E-state index in [9.17, 15) is 19.2 Å². The SMILES string of the molecule is O=C1c2ccccc2C(=O)N1C(Br)(Br)C(Br)(Br)OC(Br)(Br)C(Br)(Br)N1C(=O)c2ccccc2C1=O. The van der Waals surface area contributed by atoms with Gasteiger partial charge in [-0.2, -0.15) is 0 Å². The fraction of sp³-hybridized carbons (Fsp3) is 0.200. The lowest BCUT2D eigenvalue weighted by Crippen LogP contribution is -2.60. The molecule has 0 radical (unpaired) electrons. The number of imide groups is 2. The molecule has 2 heterocycles. The van der Waals surface area contributed by atoms with Crippen LogP contribution in [0.25, 0.3) is 0 Å².